The summed E-state index contributed by atoms with van der Waals surface area (Å²) in [5, 5.41) is 3.04. The molecule has 0 atom stereocenters. The van der Waals surface area contributed by atoms with E-state index in [1.54, 1.807) is 31.4 Å². The van der Waals surface area contributed by atoms with Crippen molar-refractivity contribution in [3.63, 3.8) is 0 Å². The molecule has 0 unspecified atom stereocenters. The van der Waals surface area contributed by atoms with Crippen LogP contribution in [0, 0.1) is 20.8 Å². The Morgan fingerprint density at radius 1 is 1.07 bits per heavy atom. The van der Waals surface area contributed by atoms with Crippen molar-refractivity contribution >= 4 is 29.2 Å². The van der Waals surface area contributed by atoms with E-state index in [1.165, 1.54) is 4.90 Å². The van der Waals surface area contributed by atoms with Crippen LogP contribution in [-0.2, 0) is 4.79 Å². The number of nitrogens with one attached hydrogen (secondary N) is 1. The van der Waals surface area contributed by atoms with Crippen LogP contribution in [0.2, 0.25) is 5.02 Å². The largest absolute Gasteiger partial charge is 0.332 e. The maximum absolute atomic E-state index is 12.9. The molecule has 1 N–H and O–H groups in total. The van der Waals surface area contributed by atoms with Crippen LogP contribution < -0.4 is 5.32 Å². The van der Waals surface area contributed by atoms with Gasteiger partial charge < -0.3 is 14.8 Å². The number of nitrogens with zero attached hydrogens (tertiary/aromatic N) is 3. The molecule has 0 radical (unpaired) electrons. The Hall–Kier alpha value is -3.12. The number of pyridine rings is 1. The minimum Gasteiger partial charge on any atom is -0.332 e. The number of amides is 2. The van der Waals surface area contributed by atoms with E-state index in [2.05, 4.69) is 10.3 Å². The third kappa shape index (κ3) is 4.66. The van der Waals surface area contributed by atoms with Gasteiger partial charge in [-0.15, -0.1) is 0 Å². The molecule has 0 bridgehead atoms. The summed E-state index contributed by atoms with van der Waals surface area (Å²) in [6.07, 6.45) is 1.62. The van der Waals surface area contributed by atoms with Gasteiger partial charge in [-0.05, 0) is 68.8 Å². The molecule has 0 saturated carbocycles. The number of halogens is 1. The maximum Gasteiger partial charge on any atom is 0.255 e. The lowest BCUT2D eigenvalue weighted by Crippen LogP contribution is -2.35. The molecule has 6 nitrogen and oxygen atoms in total. The Kier molecular flexibility index (Phi) is 6.03. The lowest BCUT2D eigenvalue weighted by Gasteiger charge is -2.19. The molecule has 0 aliphatic rings. The van der Waals surface area contributed by atoms with Gasteiger partial charge in [-0.3, -0.25) is 9.59 Å². The van der Waals surface area contributed by atoms with E-state index in [1.807, 2.05) is 49.6 Å². The topological polar surface area (TPSA) is 67.2 Å². The van der Waals surface area contributed by atoms with E-state index in [4.69, 9.17) is 11.6 Å². The second kappa shape index (κ2) is 8.49. The predicted molar refractivity (Wildman–Crippen MR) is 115 cm³/mol. The van der Waals surface area contributed by atoms with Crippen molar-refractivity contribution in [2.24, 2.45) is 0 Å². The number of aryl methyl sites for hydroxylation is 3. The minimum atomic E-state index is -0.330. The second-order valence-electron chi connectivity index (χ2n) is 7.04. The number of benzene rings is 1. The Morgan fingerprint density at radius 3 is 2.41 bits per heavy atom. The number of carbonyl (C=O) groups is 2. The third-order valence-corrected chi connectivity index (χ3v) is 4.95. The van der Waals surface area contributed by atoms with Crippen LogP contribution in [-0.4, -0.2) is 39.9 Å². The van der Waals surface area contributed by atoms with Crippen molar-refractivity contribution < 1.29 is 9.59 Å². The van der Waals surface area contributed by atoms with Gasteiger partial charge in [0.2, 0.25) is 5.91 Å². The second-order valence-corrected chi connectivity index (χ2v) is 7.45. The first-order valence-electron chi connectivity index (χ1n) is 9.19. The molecule has 0 spiro atoms. The number of likely N-dealkylation sites (N-methyl/N-ethyl adjacent to an activating group) is 1. The van der Waals surface area contributed by atoms with E-state index in [0.717, 1.165) is 22.6 Å². The quantitative estimate of drug-likeness (QED) is 0.686. The fourth-order valence-corrected chi connectivity index (χ4v) is 3.37. The fourth-order valence-electron chi connectivity index (χ4n) is 3.17. The first kappa shape index (κ1) is 20.6. The van der Waals surface area contributed by atoms with Crippen molar-refractivity contribution in [2.45, 2.75) is 20.8 Å². The number of hydrogen-bond donors (Lipinski definition) is 1. The fraction of sp³-hybridized carbons (Fsp3) is 0.227. The number of rotatable bonds is 5. The van der Waals surface area contributed by atoms with E-state index in [0.29, 0.717) is 16.4 Å². The molecule has 2 aromatic heterocycles. The molecule has 3 rings (SSSR count). The molecule has 0 aliphatic carbocycles. The lowest BCUT2D eigenvalue weighted by atomic mass is 10.1. The zero-order chi connectivity index (χ0) is 21.1. The number of anilines is 1. The predicted octanol–water partition coefficient (Wildman–Crippen LogP) is 4.16. The van der Waals surface area contributed by atoms with Crippen LogP contribution in [0.5, 0.6) is 0 Å². The Bertz CT molecular complexity index is 1050. The molecular formula is C22H23ClN4O2. The Labute approximate surface area is 175 Å². The van der Waals surface area contributed by atoms with Gasteiger partial charge >= 0.3 is 0 Å². The number of carbonyl (C=O) groups excluding carboxylic acids is 2. The van der Waals surface area contributed by atoms with Gasteiger partial charge in [0.25, 0.3) is 5.91 Å². The SMILES string of the molecule is Cc1ccnc(NC(=O)CN(C)C(=O)c2cc(-n3c(C)ccc3C)ccc2Cl)c1. The van der Waals surface area contributed by atoms with Crippen molar-refractivity contribution in [1.29, 1.82) is 0 Å². The smallest absolute Gasteiger partial charge is 0.255 e. The maximum atomic E-state index is 12.9. The standard InChI is InChI=1S/C22H23ClN4O2/c1-14-9-10-24-20(11-14)25-21(28)13-26(4)22(29)18-12-17(7-8-19(18)23)27-15(2)5-6-16(27)3/h5-12H,13H2,1-4H3,(H,24,25,28). The van der Waals surface area contributed by atoms with Crippen LogP contribution in [0.1, 0.15) is 27.3 Å². The summed E-state index contributed by atoms with van der Waals surface area (Å²) in [4.78, 5) is 30.7. The van der Waals surface area contributed by atoms with E-state index < -0.39 is 0 Å². The van der Waals surface area contributed by atoms with Crippen LogP contribution >= 0.6 is 11.6 Å². The van der Waals surface area contributed by atoms with E-state index in [-0.39, 0.29) is 18.4 Å². The summed E-state index contributed by atoms with van der Waals surface area (Å²) in [6, 6.07) is 13.0. The molecule has 0 fully saturated rings. The molecule has 7 heteroatoms. The molecule has 29 heavy (non-hydrogen) atoms. The molecule has 3 aromatic rings. The Morgan fingerprint density at radius 2 is 1.76 bits per heavy atom. The van der Waals surface area contributed by atoms with Gasteiger partial charge in [-0.1, -0.05) is 11.6 Å². The lowest BCUT2D eigenvalue weighted by molar-refractivity contribution is -0.116. The van der Waals surface area contributed by atoms with Crippen LogP contribution in [0.4, 0.5) is 5.82 Å². The van der Waals surface area contributed by atoms with Crippen LogP contribution in [0.25, 0.3) is 5.69 Å². The highest BCUT2D eigenvalue weighted by Gasteiger charge is 2.19. The van der Waals surface area contributed by atoms with Gasteiger partial charge in [0.1, 0.15) is 5.82 Å². The van der Waals surface area contributed by atoms with E-state index >= 15 is 0 Å². The zero-order valence-electron chi connectivity index (χ0n) is 16.9. The summed E-state index contributed by atoms with van der Waals surface area (Å²) < 4.78 is 2.04. The molecule has 2 heterocycles. The number of aromatic nitrogens is 2. The van der Waals surface area contributed by atoms with Crippen molar-refractivity contribution in [3.05, 3.63) is 76.2 Å². The normalized spacial score (nSPS) is 10.7. The van der Waals surface area contributed by atoms with Crippen LogP contribution in [0.3, 0.4) is 0 Å². The molecule has 0 aliphatic heterocycles. The molecule has 1 aromatic carbocycles. The van der Waals surface area contributed by atoms with Gasteiger partial charge in [-0.25, -0.2) is 4.98 Å². The van der Waals surface area contributed by atoms with Gasteiger partial charge in [-0.2, -0.15) is 0 Å². The zero-order valence-corrected chi connectivity index (χ0v) is 17.6. The molecule has 0 saturated heterocycles. The van der Waals surface area contributed by atoms with Crippen molar-refractivity contribution in [1.82, 2.24) is 14.5 Å². The summed E-state index contributed by atoms with van der Waals surface area (Å²) in [7, 11) is 1.57. The molecule has 2 amide bonds. The monoisotopic (exact) mass is 410 g/mol. The highest BCUT2D eigenvalue weighted by Crippen LogP contribution is 2.24. The minimum absolute atomic E-state index is 0.114. The van der Waals surface area contributed by atoms with Crippen molar-refractivity contribution in [2.75, 3.05) is 18.9 Å². The highest BCUT2D eigenvalue weighted by molar-refractivity contribution is 6.34. The number of hydrogen-bond acceptors (Lipinski definition) is 3. The van der Waals surface area contributed by atoms with Gasteiger partial charge in [0.05, 0.1) is 17.1 Å². The van der Waals surface area contributed by atoms with Crippen LogP contribution in [0.15, 0.2) is 48.7 Å². The first-order valence-corrected chi connectivity index (χ1v) is 9.57. The summed E-state index contributed by atoms with van der Waals surface area (Å²) in [5.41, 5.74) is 4.29. The van der Waals surface area contributed by atoms with Gasteiger partial charge in [0, 0.05) is 30.3 Å². The summed E-state index contributed by atoms with van der Waals surface area (Å²) in [6.45, 7) is 5.80. The average molecular weight is 411 g/mol. The molecular weight excluding hydrogens is 388 g/mol. The molecule has 150 valence electrons. The average Bonchev–Trinajstić information content (AvgIpc) is 3.00. The first-order chi connectivity index (χ1) is 13.8. The third-order valence-electron chi connectivity index (χ3n) is 4.62. The van der Waals surface area contributed by atoms with E-state index in [9.17, 15) is 9.59 Å². The van der Waals surface area contributed by atoms with Crippen molar-refractivity contribution in [3.8, 4) is 5.69 Å². The highest BCUT2D eigenvalue weighted by atomic mass is 35.5. The summed E-state index contributed by atoms with van der Waals surface area (Å²) >= 11 is 6.29. The van der Waals surface area contributed by atoms with Gasteiger partial charge in [0.15, 0.2) is 0 Å². The Balaban J connectivity index is 1.77. The summed E-state index contributed by atoms with van der Waals surface area (Å²) in [5.74, 6) is -0.204.